The highest BCUT2D eigenvalue weighted by Crippen LogP contribution is 2.17. The van der Waals surface area contributed by atoms with Crippen molar-refractivity contribution in [2.75, 3.05) is 17.2 Å². The number of aryl methyl sites for hydroxylation is 1. The lowest BCUT2D eigenvalue weighted by Crippen LogP contribution is -2.31. The van der Waals surface area contributed by atoms with Crippen molar-refractivity contribution in [3.8, 4) is 0 Å². The van der Waals surface area contributed by atoms with Gasteiger partial charge in [-0.1, -0.05) is 29.8 Å². The quantitative estimate of drug-likeness (QED) is 0.866. The molecule has 104 valence electrons. The summed E-state index contributed by atoms with van der Waals surface area (Å²) < 4.78 is 0. The van der Waals surface area contributed by atoms with Gasteiger partial charge in [0, 0.05) is 17.9 Å². The molecule has 0 bridgehead atoms. The standard InChI is InChI=1S/C17H20N2O/c1-3-19(16-10-8-15(18)9-11-16)17(20)12-14-6-4-13(2)5-7-14/h4-11H,3,12,18H2,1-2H3. The minimum absolute atomic E-state index is 0.0983. The molecule has 2 aromatic rings. The molecule has 0 aliphatic rings. The number of anilines is 2. The lowest BCUT2D eigenvalue weighted by atomic mass is 10.1. The minimum atomic E-state index is 0.0983. The van der Waals surface area contributed by atoms with Gasteiger partial charge in [-0.15, -0.1) is 0 Å². The van der Waals surface area contributed by atoms with E-state index in [1.165, 1.54) is 5.56 Å². The number of carbonyl (C=O) groups excluding carboxylic acids is 1. The van der Waals surface area contributed by atoms with Crippen LogP contribution in [0.2, 0.25) is 0 Å². The van der Waals surface area contributed by atoms with Gasteiger partial charge in [0.15, 0.2) is 0 Å². The number of hydrogen-bond donors (Lipinski definition) is 1. The monoisotopic (exact) mass is 268 g/mol. The van der Waals surface area contributed by atoms with Gasteiger partial charge in [0.25, 0.3) is 0 Å². The Morgan fingerprint density at radius 3 is 2.20 bits per heavy atom. The van der Waals surface area contributed by atoms with Crippen molar-refractivity contribution in [3.05, 3.63) is 59.7 Å². The Kier molecular flexibility index (Phi) is 4.41. The van der Waals surface area contributed by atoms with E-state index >= 15 is 0 Å². The summed E-state index contributed by atoms with van der Waals surface area (Å²) in [5.41, 5.74) is 9.51. The maximum atomic E-state index is 12.4. The van der Waals surface area contributed by atoms with Crippen molar-refractivity contribution in [2.45, 2.75) is 20.3 Å². The predicted molar refractivity (Wildman–Crippen MR) is 83.8 cm³/mol. The Bertz CT molecular complexity index is 573. The number of rotatable bonds is 4. The van der Waals surface area contributed by atoms with Crippen molar-refractivity contribution in [2.24, 2.45) is 0 Å². The molecule has 2 rings (SSSR count). The summed E-state index contributed by atoms with van der Waals surface area (Å²) in [7, 11) is 0. The number of nitrogens with two attached hydrogens (primary N) is 1. The van der Waals surface area contributed by atoms with Crippen molar-refractivity contribution in [3.63, 3.8) is 0 Å². The second-order valence-electron chi connectivity index (χ2n) is 4.89. The van der Waals surface area contributed by atoms with Gasteiger partial charge in [0.05, 0.1) is 6.42 Å². The lowest BCUT2D eigenvalue weighted by Gasteiger charge is -2.21. The van der Waals surface area contributed by atoms with E-state index in [1.807, 2.05) is 62.4 Å². The van der Waals surface area contributed by atoms with E-state index < -0.39 is 0 Å². The molecule has 0 fully saturated rings. The van der Waals surface area contributed by atoms with Crippen LogP contribution in [0.4, 0.5) is 11.4 Å². The fraction of sp³-hybridized carbons (Fsp3) is 0.235. The predicted octanol–water partition coefficient (Wildman–Crippen LogP) is 3.17. The smallest absolute Gasteiger partial charge is 0.231 e. The fourth-order valence-corrected chi connectivity index (χ4v) is 2.13. The van der Waals surface area contributed by atoms with Crippen LogP contribution in [0.15, 0.2) is 48.5 Å². The Hall–Kier alpha value is -2.29. The van der Waals surface area contributed by atoms with Crippen LogP contribution in [0.1, 0.15) is 18.1 Å². The van der Waals surface area contributed by atoms with Crippen LogP contribution in [0, 0.1) is 6.92 Å². The number of nitrogen functional groups attached to an aromatic ring is 1. The number of carbonyl (C=O) groups is 1. The molecule has 0 heterocycles. The molecule has 2 aromatic carbocycles. The molecule has 0 radical (unpaired) electrons. The van der Waals surface area contributed by atoms with Gasteiger partial charge in [-0.25, -0.2) is 0 Å². The highest BCUT2D eigenvalue weighted by Gasteiger charge is 2.14. The first kappa shape index (κ1) is 14.1. The highest BCUT2D eigenvalue weighted by molar-refractivity contribution is 5.94. The van der Waals surface area contributed by atoms with E-state index in [4.69, 9.17) is 5.73 Å². The molecule has 0 aliphatic heterocycles. The van der Waals surface area contributed by atoms with Gasteiger partial charge >= 0.3 is 0 Å². The van der Waals surface area contributed by atoms with Crippen LogP contribution in [0.3, 0.4) is 0 Å². The van der Waals surface area contributed by atoms with Gasteiger partial charge < -0.3 is 10.6 Å². The van der Waals surface area contributed by atoms with Gasteiger partial charge in [-0.05, 0) is 43.7 Å². The first-order valence-electron chi connectivity index (χ1n) is 6.81. The molecule has 0 saturated heterocycles. The first-order chi connectivity index (χ1) is 9.60. The third-order valence-electron chi connectivity index (χ3n) is 3.30. The Morgan fingerprint density at radius 1 is 1.05 bits per heavy atom. The topological polar surface area (TPSA) is 46.3 Å². The molecule has 20 heavy (non-hydrogen) atoms. The number of benzene rings is 2. The van der Waals surface area contributed by atoms with E-state index in [9.17, 15) is 4.79 Å². The number of likely N-dealkylation sites (N-methyl/N-ethyl adjacent to an activating group) is 1. The summed E-state index contributed by atoms with van der Waals surface area (Å²) in [6.07, 6.45) is 0.415. The van der Waals surface area contributed by atoms with Crippen molar-refractivity contribution >= 4 is 17.3 Å². The molecule has 3 heteroatoms. The lowest BCUT2D eigenvalue weighted by molar-refractivity contribution is -0.117. The molecule has 0 spiro atoms. The van der Waals surface area contributed by atoms with Crippen molar-refractivity contribution in [1.29, 1.82) is 0 Å². The highest BCUT2D eigenvalue weighted by atomic mass is 16.2. The molecule has 0 aromatic heterocycles. The summed E-state index contributed by atoms with van der Waals surface area (Å²) in [4.78, 5) is 14.2. The molecular weight excluding hydrogens is 248 g/mol. The second kappa shape index (κ2) is 6.24. The van der Waals surface area contributed by atoms with Crippen LogP contribution in [-0.2, 0) is 11.2 Å². The Labute approximate surface area is 120 Å². The molecule has 3 nitrogen and oxygen atoms in total. The molecular formula is C17H20N2O. The van der Waals surface area contributed by atoms with Crippen LogP contribution in [0.5, 0.6) is 0 Å². The summed E-state index contributed by atoms with van der Waals surface area (Å²) in [5.74, 6) is 0.0983. The zero-order chi connectivity index (χ0) is 14.5. The Balaban J connectivity index is 2.13. The van der Waals surface area contributed by atoms with E-state index in [0.717, 1.165) is 11.3 Å². The van der Waals surface area contributed by atoms with E-state index in [1.54, 1.807) is 4.90 Å². The first-order valence-corrected chi connectivity index (χ1v) is 6.81. The molecule has 0 aliphatic carbocycles. The average molecular weight is 268 g/mol. The fourth-order valence-electron chi connectivity index (χ4n) is 2.13. The second-order valence-corrected chi connectivity index (χ2v) is 4.89. The molecule has 1 amide bonds. The van der Waals surface area contributed by atoms with Crippen LogP contribution in [-0.4, -0.2) is 12.5 Å². The Morgan fingerprint density at radius 2 is 1.65 bits per heavy atom. The van der Waals surface area contributed by atoms with Crippen LogP contribution >= 0.6 is 0 Å². The van der Waals surface area contributed by atoms with E-state index in [-0.39, 0.29) is 5.91 Å². The third kappa shape index (κ3) is 3.38. The summed E-state index contributed by atoms with van der Waals surface area (Å²) >= 11 is 0. The summed E-state index contributed by atoms with van der Waals surface area (Å²) in [5, 5.41) is 0. The number of hydrogen-bond acceptors (Lipinski definition) is 2. The van der Waals surface area contributed by atoms with Crippen molar-refractivity contribution in [1.82, 2.24) is 0 Å². The van der Waals surface area contributed by atoms with Gasteiger partial charge in [0.1, 0.15) is 0 Å². The average Bonchev–Trinajstić information content (AvgIpc) is 2.44. The van der Waals surface area contributed by atoms with Crippen LogP contribution in [0.25, 0.3) is 0 Å². The zero-order valence-electron chi connectivity index (χ0n) is 12.0. The van der Waals surface area contributed by atoms with Crippen LogP contribution < -0.4 is 10.6 Å². The van der Waals surface area contributed by atoms with E-state index in [2.05, 4.69) is 0 Å². The minimum Gasteiger partial charge on any atom is -0.399 e. The normalized spacial score (nSPS) is 10.3. The maximum Gasteiger partial charge on any atom is 0.231 e. The van der Waals surface area contributed by atoms with Gasteiger partial charge in [-0.3, -0.25) is 4.79 Å². The molecule has 0 unspecified atom stereocenters. The number of nitrogens with zero attached hydrogens (tertiary/aromatic N) is 1. The zero-order valence-corrected chi connectivity index (χ0v) is 12.0. The summed E-state index contributed by atoms with van der Waals surface area (Å²) in [6, 6.07) is 15.5. The largest absolute Gasteiger partial charge is 0.399 e. The SMILES string of the molecule is CCN(C(=O)Cc1ccc(C)cc1)c1ccc(N)cc1. The maximum absolute atomic E-state index is 12.4. The van der Waals surface area contributed by atoms with E-state index in [0.29, 0.717) is 18.7 Å². The number of amides is 1. The van der Waals surface area contributed by atoms with Gasteiger partial charge in [-0.2, -0.15) is 0 Å². The molecule has 0 saturated carbocycles. The molecule has 2 N–H and O–H groups in total. The summed E-state index contributed by atoms with van der Waals surface area (Å²) in [6.45, 7) is 4.66. The van der Waals surface area contributed by atoms with Gasteiger partial charge in [0.2, 0.25) is 5.91 Å². The third-order valence-corrected chi connectivity index (χ3v) is 3.30. The molecule has 0 atom stereocenters. The van der Waals surface area contributed by atoms with Crippen molar-refractivity contribution < 1.29 is 4.79 Å².